The van der Waals surface area contributed by atoms with E-state index in [1.807, 2.05) is 30.3 Å². The first-order valence-corrected chi connectivity index (χ1v) is 9.35. The van der Waals surface area contributed by atoms with Gasteiger partial charge in [0.1, 0.15) is 0 Å². The SMILES string of the molecule is O=C(/C=C/c1ccccc1[N+](=O)[O-])OCC(=O)c1ccc2c(c1)-c1ccccc1C2. The van der Waals surface area contributed by atoms with Gasteiger partial charge in [-0.15, -0.1) is 0 Å². The van der Waals surface area contributed by atoms with Crippen molar-refractivity contribution in [1.29, 1.82) is 0 Å². The van der Waals surface area contributed by atoms with Crippen molar-refractivity contribution in [3.05, 3.63) is 105 Å². The molecule has 0 aromatic heterocycles. The smallest absolute Gasteiger partial charge is 0.331 e. The zero-order valence-corrected chi connectivity index (χ0v) is 15.9. The van der Waals surface area contributed by atoms with E-state index in [1.54, 1.807) is 18.2 Å². The number of esters is 1. The van der Waals surface area contributed by atoms with Crippen LogP contribution in [0.1, 0.15) is 27.0 Å². The van der Waals surface area contributed by atoms with E-state index in [4.69, 9.17) is 4.74 Å². The number of Topliss-reactive ketones (excluding diaryl/α,β-unsaturated/α-hetero) is 1. The Hall–Kier alpha value is -4.06. The number of hydrogen-bond acceptors (Lipinski definition) is 5. The first-order valence-electron chi connectivity index (χ1n) is 9.35. The summed E-state index contributed by atoms with van der Waals surface area (Å²) in [6.07, 6.45) is 3.22. The molecule has 1 aliphatic rings. The lowest BCUT2D eigenvalue weighted by atomic mass is 10.0. The summed E-state index contributed by atoms with van der Waals surface area (Å²) in [5.41, 5.74) is 5.17. The molecule has 4 rings (SSSR count). The summed E-state index contributed by atoms with van der Waals surface area (Å²) in [6.45, 7) is -0.402. The molecule has 6 heteroatoms. The molecular weight excluding hydrogens is 382 g/mol. The molecule has 0 spiro atoms. The molecule has 0 radical (unpaired) electrons. The minimum absolute atomic E-state index is 0.115. The molecule has 0 amide bonds. The summed E-state index contributed by atoms with van der Waals surface area (Å²) >= 11 is 0. The number of nitro benzene ring substituents is 1. The number of ether oxygens (including phenoxy) is 1. The van der Waals surface area contributed by atoms with Gasteiger partial charge in [-0.2, -0.15) is 0 Å². The second-order valence-corrected chi connectivity index (χ2v) is 6.89. The van der Waals surface area contributed by atoms with Crippen LogP contribution in [0, 0.1) is 10.1 Å². The van der Waals surface area contributed by atoms with Crippen LogP contribution in [0.2, 0.25) is 0 Å². The van der Waals surface area contributed by atoms with Crippen molar-refractivity contribution < 1.29 is 19.2 Å². The zero-order chi connectivity index (χ0) is 21.1. The van der Waals surface area contributed by atoms with E-state index < -0.39 is 17.5 Å². The number of carbonyl (C=O) groups excluding carboxylic acids is 2. The summed E-state index contributed by atoms with van der Waals surface area (Å²) in [5.74, 6) is -1.05. The van der Waals surface area contributed by atoms with Crippen LogP contribution in [0.3, 0.4) is 0 Å². The quantitative estimate of drug-likeness (QED) is 0.155. The van der Waals surface area contributed by atoms with E-state index in [0.717, 1.165) is 29.2 Å². The van der Waals surface area contributed by atoms with Crippen LogP contribution < -0.4 is 0 Å². The van der Waals surface area contributed by atoms with E-state index in [9.17, 15) is 19.7 Å². The van der Waals surface area contributed by atoms with E-state index in [1.165, 1.54) is 23.8 Å². The summed E-state index contributed by atoms with van der Waals surface area (Å²) in [5, 5.41) is 11.0. The number of para-hydroxylation sites is 1. The third kappa shape index (κ3) is 3.89. The number of benzene rings is 3. The Kier molecular flexibility index (Phi) is 5.22. The van der Waals surface area contributed by atoms with Gasteiger partial charge >= 0.3 is 5.97 Å². The number of fused-ring (bicyclic) bond motifs is 3. The predicted octanol–water partition coefficient (Wildman–Crippen LogP) is 4.61. The molecule has 3 aromatic rings. The van der Waals surface area contributed by atoms with Crippen LogP contribution in [-0.4, -0.2) is 23.3 Å². The third-order valence-corrected chi connectivity index (χ3v) is 5.00. The van der Waals surface area contributed by atoms with Crippen molar-refractivity contribution >= 4 is 23.5 Å². The van der Waals surface area contributed by atoms with Crippen molar-refractivity contribution in [3.63, 3.8) is 0 Å². The number of carbonyl (C=O) groups is 2. The van der Waals surface area contributed by atoms with Crippen molar-refractivity contribution in [1.82, 2.24) is 0 Å². The Morgan fingerprint density at radius 1 is 0.967 bits per heavy atom. The number of hydrogen-bond donors (Lipinski definition) is 0. The van der Waals surface area contributed by atoms with Crippen LogP contribution >= 0.6 is 0 Å². The van der Waals surface area contributed by atoms with Crippen LogP contribution in [0.5, 0.6) is 0 Å². The molecular formula is C24H17NO5. The molecule has 0 unspecified atom stereocenters. The minimum atomic E-state index is -0.743. The summed E-state index contributed by atoms with van der Waals surface area (Å²) < 4.78 is 5.02. The first kappa shape index (κ1) is 19.3. The number of rotatable bonds is 6. The molecule has 6 nitrogen and oxygen atoms in total. The second-order valence-electron chi connectivity index (χ2n) is 6.89. The average molecular weight is 399 g/mol. The molecule has 0 aliphatic heterocycles. The summed E-state index contributed by atoms with van der Waals surface area (Å²) in [7, 11) is 0. The fourth-order valence-corrected chi connectivity index (χ4v) is 3.52. The summed E-state index contributed by atoms with van der Waals surface area (Å²) in [6, 6.07) is 19.6. The Morgan fingerprint density at radius 2 is 1.70 bits per heavy atom. The largest absolute Gasteiger partial charge is 0.454 e. The topological polar surface area (TPSA) is 86.5 Å². The molecule has 3 aromatic carbocycles. The highest BCUT2D eigenvalue weighted by Gasteiger charge is 2.20. The lowest BCUT2D eigenvalue weighted by Crippen LogP contribution is -2.12. The van der Waals surface area contributed by atoms with Crippen molar-refractivity contribution in [2.75, 3.05) is 6.61 Å². The molecule has 0 saturated heterocycles. The lowest BCUT2D eigenvalue weighted by molar-refractivity contribution is -0.385. The standard InChI is InChI=1S/C24H17NO5/c26-23(15-30-24(27)12-11-16-5-2-4-8-22(16)25(28)29)19-10-9-18-13-17-6-1-3-7-20(17)21(18)14-19/h1-12,14H,13,15H2/b12-11+. The second kappa shape index (κ2) is 8.13. The van der Waals surface area contributed by atoms with Gasteiger partial charge in [0.2, 0.25) is 0 Å². The minimum Gasteiger partial charge on any atom is -0.454 e. The van der Waals surface area contributed by atoms with Gasteiger partial charge in [0.05, 0.1) is 10.5 Å². The van der Waals surface area contributed by atoms with E-state index in [0.29, 0.717) is 5.56 Å². The van der Waals surface area contributed by atoms with Crippen molar-refractivity contribution in [3.8, 4) is 11.1 Å². The van der Waals surface area contributed by atoms with Crippen LogP contribution in [-0.2, 0) is 16.0 Å². The van der Waals surface area contributed by atoms with Gasteiger partial charge in [-0.3, -0.25) is 14.9 Å². The fraction of sp³-hybridized carbons (Fsp3) is 0.0833. The van der Waals surface area contributed by atoms with Gasteiger partial charge in [0, 0.05) is 17.7 Å². The Morgan fingerprint density at radius 3 is 2.53 bits per heavy atom. The van der Waals surface area contributed by atoms with Crippen LogP contribution in [0.4, 0.5) is 5.69 Å². The Labute approximate surface area is 172 Å². The van der Waals surface area contributed by atoms with Crippen LogP contribution in [0.15, 0.2) is 72.8 Å². The van der Waals surface area contributed by atoms with Gasteiger partial charge in [0.25, 0.3) is 5.69 Å². The highest BCUT2D eigenvalue weighted by molar-refractivity contribution is 6.00. The van der Waals surface area contributed by atoms with Crippen LogP contribution in [0.25, 0.3) is 17.2 Å². The Bertz CT molecular complexity index is 1200. The molecule has 0 atom stereocenters. The van der Waals surface area contributed by atoms with E-state index >= 15 is 0 Å². The van der Waals surface area contributed by atoms with E-state index in [-0.39, 0.29) is 17.0 Å². The lowest BCUT2D eigenvalue weighted by Gasteiger charge is -2.06. The van der Waals surface area contributed by atoms with Gasteiger partial charge in [0.15, 0.2) is 12.4 Å². The molecule has 1 aliphatic carbocycles. The molecule has 0 heterocycles. The Balaban J connectivity index is 1.41. The molecule has 0 N–H and O–H groups in total. The number of nitro groups is 1. The predicted molar refractivity (Wildman–Crippen MR) is 112 cm³/mol. The fourth-order valence-electron chi connectivity index (χ4n) is 3.52. The van der Waals surface area contributed by atoms with Crippen molar-refractivity contribution in [2.24, 2.45) is 0 Å². The monoisotopic (exact) mass is 399 g/mol. The molecule has 30 heavy (non-hydrogen) atoms. The maximum atomic E-state index is 12.5. The molecule has 148 valence electrons. The summed E-state index contributed by atoms with van der Waals surface area (Å²) in [4.78, 5) is 34.9. The van der Waals surface area contributed by atoms with Crippen molar-refractivity contribution in [2.45, 2.75) is 6.42 Å². The highest BCUT2D eigenvalue weighted by atomic mass is 16.6. The normalized spacial score (nSPS) is 11.7. The first-order chi connectivity index (χ1) is 14.5. The average Bonchev–Trinajstić information content (AvgIpc) is 3.14. The van der Waals surface area contributed by atoms with Gasteiger partial charge in [-0.1, -0.05) is 48.5 Å². The van der Waals surface area contributed by atoms with Gasteiger partial charge in [-0.05, 0) is 46.9 Å². The van der Waals surface area contributed by atoms with E-state index in [2.05, 4.69) is 6.07 Å². The molecule has 0 bridgehead atoms. The van der Waals surface area contributed by atoms with Gasteiger partial charge < -0.3 is 4.74 Å². The number of ketones is 1. The maximum absolute atomic E-state index is 12.5. The number of nitrogens with zero attached hydrogens (tertiary/aromatic N) is 1. The zero-order valence-electron chi connectivity index (χ0n) is 15.9. The third-order valence-electron chi connectivity index (χ3n) is 5.00. The highest BCUT2D eigenvalue weighted by Crippen LogP contribution is 2.36. The maximum Gasteiger partial charge on any atom is 0.331 e. The molecule has 0 saturated carbocycles. The molecule has 0 fully saturated rings. The van der Waals surface area contributed by atoms with Gasteiger partial charge in [-0.25, -0.2) is 4.79 Å².